The van der Waals surface area contributed by atoms with E-state index in [1.807, 2.05) is 0 Å². The van der Waals surface area contributed by atoms with Crippen LogP contribution in [0.3, 0.4) is 0 Å². The van der Waals surface area contributed by atoms with E-state index in [1.54, 1.807) is 0 Å². The molecule has 1 saturated carbocycles. The van der Waals surface area contributed by atoms with Gasteiger partial charge in [0.2, 0.25) is 0 Å². The van der Waals surface area contributed by atoms with Gasteiger partial charge in [-0.2, -0.15) is 0 Å². The molecule has 0 bridgehead atoms. The molecule has 2 nitrogen and oxygen atoms in total. The lowest BCUT2D eigenvalue weighted by Gasteiger charge is -2.36. The van der Waals surface area contributed by atoms with Gasteiger partial charge in [0.25, 0.3) is 0 Å². The van der Waals surface area contributed by atoms with E-state index in [1.165, 1.54) is 72.3 Å². The van der Waals surface area contributed by atoms with Crippen molar-refractivity contribution in [1.82, 2.24) is 0 Å². The van der Waals surface area contributed by atoms with Crippen molar-refractivity contribution in [1.29, 1.82) is 0 Å². The fraction of sp³-hybridized carbons (Fsp3) is 0.208. The molecule has 2 aliphatic carbocycles. The van der Waals surface area contributed by atoms with Gasteiger partial charge < -0.3 is 9.80 Å². The van der Waals surface area contributed by atoms with Gasteiger partial charge >= 0.3 is 0 Å². The zero-order valence-electron chi connectivity index (χ0n) is 28.9. The van der Waals surface area contributed by atoms with Crippen LogP contribution in [0.1, 0.15) is 74.0 Å². The van der Waals surface area contributed by atoms with Crippen molar-refractivity contribution in [2.75, 3.05) is 9.80 Å². The molecule has 1 unspecified atom stereocenters. The first-order valence-corrected chi connectivity index (χ1v) is 18.5. The second-order valence-electron chi connectivity index (χ2n) is 14.0. The highest BCUT2D eigenvalue weighted by Gasteiger charge is 2.33. The topological polar surface area (TPSA) is 6.48 Å². The van der Waals surface area contributed by atoms with E-state index in [0.29, 0.717) is 5.92 Å². The third kappa shape index (κ3) is 6.51. The zero-order valence-corrected chi connectivity index (χ0v) is 28.9. The first-order valence-electron chi connectivity index (χ1n) is 18.5. The number of allylic oxidation sites excluding steroid dienone is 2. The van der Waals surface area contributed by atoms with Crippen LogP contribution >= 0.6 is 0 Å². The second-order valence-corrected chi connectivity index (χ2v) is 14.0. The number of anilines is 6. The Kier molecular flexibility index (Phi) is 9.34. The summed E-state index contributed by atoms with van der Waals surface area (Å²) in [4.78, 5) is 4.73. The predicted octanol–water partition coefficient (Wildman–Crippen LogP) is 13.7. The van der Waals surface area contributed by atoms with Crippen LogP contribution in [-0.2, 0) is 5.41 Å². The molecule has 0 amide bonds. The zero-order chi connectivity index (χ0) is 33.6. The Morgan fingerprint density at radius 1 is 0.400 bits per heavy atom. The lowest BCUT2D eigenvalue weighted by molar-refractivity contribution is 0.443. The van der Waals surface area contributed by atoms with Gasteiger partial charge in [0.05, 0.1) is 0 Å². The van der Waals surface area contributed by atoms with Crippen molar-refractivity contribution < 1.29 is 0 Å². The number of nitrogens with zero attached hydrogens (tertiary/aromatic N) is 2. The molecular weight excluding hydrogens is 605 g/mol. The molecule has 0 N–H and O–H groups in total. The van der Waals surface area contributed by atoms with Crippen molar-refractivity contribution in [3.05, 3.63) is 193 Å². The first-order chi connectivity index (χ1) is 24.8. The number of hydrogen-bond acceptors (Lipinski definition) is 2. The van der Waals surface area contributed by atoms with Gasteiger partial charge in [0.15, 0.2) is 0 Å². The van der Waals surface area contributed by atoms with E-state index in [4.69, 9.17) is 0 Å². The molecule has 0 aromatic heterocycles. The lowest BCUT2D eigenvalue weighted by Crippen LogP contribution is -2.27. The number of rotatable bonds is 9. The van der Waals surface area contributed by atoms with Gasteiger partial charge in [0.1, 0.15) is 0 Å². The molecular formula is C48H46N2. The number of hydrogen-bond donors (Lipinski definition) is 0. The maximum absolute atomic E-state index is 2.46. The molecule has 0 heterocycles. The Balaban J connectivity index is 1.13. The molecule has 0 saturated heterocycles. The van der Waals surface area contributed by atoms with E-state index in [9.17, 15) is 0 Å². The summed E-state index contributed by atoms with van der Waals surface area (Å²) in [6.45, 7) is 0. The van der Waals surface area contributed by atoms with Gasteiger partial charge in [0, 0.05) is 39.5 Å². The predicted molar refractivity (Wildman–Crippen MR) is 212 cm³/mol. The molecule has 1 fully saturated rings. The summed E-state index contributed by atoms with van der Waals surface area (Å²) in [5, 5.41) is 0. The fourth-order valence-corrected chi connectivity index (χ4v) is 8.29. The average Bonchev–Trinajstić information content (AvgIpc) is 3.21. The van der Waals surface area contributed by atoms with E-state index in [0.717, 1.165) is 29.9 Å². The average molecular weight is 651 g/mol. The van der Waals surface area contributed by atoms with Crippen molar-refractivity contribution in [3.63, 3.8) is 0 Å². The standard InChI is InChI=1S/C48H46N2/c1-6-16-38(17-7-1)39-24-30-45(31-25-39)50(44-22-12-4-13-23-44)47-34-28-41(29-35-47)48(36-14-5-15-37-48)40-26-32-46(33-27-40)49(42-18-8-2-9-19-42)43-20-10-3-11-21-43/h2-4,8-14,18-36,38H,1,5-7,15-17,37H2. The molecule has 2 aliphatic rings. The van der Waals surface area contributed by atoms with Crippen molar-refractivity contribution in [2.45, 2.75) is 62.7 Å². The summed E-state index contributed by atoms with van der Waals surface area (Å²) in [6, 6.07) is 60.1. The first kappa shape index (κ1) is 31.9. The van der Waals surface area contributed by atoms with Gasteiger partial charge in [-0.05, 0) is 128 Å². The quantitative estimate of drug-likeness (QED) is 0.144. The highest BCUT2D eigenvalue weighted by Crippen LogP contribution is 2.45. The Morgan fingerprint density at radius 3 is 1.20 bits per heavy atom. The summed E-state index contributed by atoms with van der Waals surface area (Å²) in [5.41, 5.74) is 11.0. The molecule has 2 heteroatoms. The van der Waals surface area contributed by atoms with Crippen LogP contribution in [-0.4, -0.2) is 0 Å². The van der Waals surface area contributed by atoms with Crippen LogP contribution in [0.4, 0.5) is 34.1 Å². The molecule has 248 valence electrons. The van der Waals surface area contributed by atoms with Crippen molar-refractivity contribution in [2.24, 2.45) is 0 Å². The van der Waals surface area contributed by atoms with Crippen molar-refractivity contribution in [3.8, 4) is 0 Å². The lowest BCUT2D eigenvalue weighted by atomic mass is 9.69. The van der Waals surface area contributed by atoms with Crippen LogP contribution in [0, 0.1) is 0 Å². The molecule has 0 aliphatic heterocycles. The molecule has 1 atom stereocenters. The van der Waals surface area contributed by atoms with Crippen LogP contribution in [0.25, 0.3) is 0 Å². The largest absolute Gasteiger partial charge is 0.311 e. The Hall–Kier alpha value is -5.34. The third-order valence-corrected chi connectivity index (χ3v) is 10.9. The molecule has 0 radical (unpaired) electrons. The summed E-state index contributed by atoms with van der Waals surface area (Å²) in [6.07, 6.45) is 15.0. The molecule has 0 spiro atoms. The maximum Gasteiger partial charge on any atom is 0.0461 e. The van der Waals surface area contributed by atoms with Crippen LogP contribution in [0.5, 0.6) is 0 Å². The van der Waals surface area contributed by atoms with Gasteiger partial charge in [-0.1, -0.05) is 122 Å². The smallest absolute Gasteiger partial charge is 0.0461 e. The summed E-state index contributed by atoms with van der Waals surface area (Å²) >= 11 is 0. The van der Waals surface area contributed by atoms with Crippen molar-refractivity contribution >= 4 is 34.1 Å². The van der Waals surface area contributed by atoms with Crippen LogP contribution < -0.4 is 9.80 Å². The number of para-hydroxylation sites is 3. The molecule has 50 heavy (non-hydrogen) atoms. The highest BCUT2D eigenvalue weighted by atomic mass is 15.1. The van der Waals surface area contributed by atoms with E-state index < -0.39 is 0 Å². The molecule has 6 aromatic rings. The minimum atomic E-state index is -0.168. The summed E-state index contributed by atoms with van der Waals surface area (Å²) in [7, 11) is 0. The highest BCUT2D eigenvalue weighted by molar-refractivity contribution is 5.78. The minimum absolute atomic E-state index is 0.168. The normalized spacial score (nSPS) is 17.7. The van der Waals surface area contributed by atoms with E-state index in [2.05, 4.69) is 186 Å². The summed E-state index contributed by atoms with van der Waals surface area (Å²) in [5.74, 6) is 0.704. The van der Waals surface area contributed by atoms with Crippen LogP contribution in [0.15, 0.2) is 176 Å². The number of benzene rings is 6. The SMILES string of the molecule is C1=CC(c2ccc(N(c3ccccc3)c3ccccc3)cc2)(c2ccc(N(c3ccccc3)c3ccc(C4CCCCC4)cc3)cc2)CCC1. The third-order valence-electron chi connectivity index (χ3n) is 10.9. The molecule has 6 aromatic carbocycles. The fourth-order valence-electron chi connectivity index (χ4n) is 8.29. The minimum Gasteiger partial charge on any atom is -0.311 e. The van der Waals surface area contributed by atoms with E-state index in [-0.39, 0.29) is 5.41 Å². The van der Waals surface area contributed by atoms with Gasteiger partial charge in [-0.3, -0.25) is 0 Å². The van der Waals surface area contributed by atoms with Gasteiger partial charge in [-0.15, -0.1) is 0 Å². The Labute approximate surface area is 298 Å². The van der Waals surface area contributed by atoms with E-state index >= 15 is 0 Å². The second kappa shape index (κ2) is 14.6. The van der Waals surface area contributed by atoms with Gasteiger partial charge in [-0.25, -0.2) is 0 Å². The van der Waals surface area contributed by atoms with Crippen LogP contribution in [0.2, 0.25) is 0 Å². The maximum atomic E-state index is 2.46. The molecule has 8 rings (SSSR count). The Bertz CT molecular complexity index is 1940. The monoisotopic (exact) mass is 650 g/mol. The summed E-state index contributed by atoms with van der Waals surface area (Å²) < 4.78 is 0. The Morgan fingerprint density at radius 2 is 0.800 bits per heavy atom.